The number of aryl methyl sites for hydroxylation is 2. The van der Waals surface area contributed by atoms with E-state index in [1.807, 2.05) is 12.2 Å². The molecule has 3 aromatic rings. The summed E-state index contributed by atoms with van der Waals surface area (Å²) in [5.41, 5.74) is -0.208. The van der Waals surface area contributed by atoms with Crippen LogP contribution in [0.2, 0.25) is 0 Å². The second-order valence-electron chi connectivity index (χ2n) is 14.3. The summed E-state index contributed by atoms with van der Waals surface area (Å²) in [6.07, 6.45) is 9.74. The molecule has 53 heavy (non-hydrogen) atoms. The molecule has 2 saturated carbocycles. The van der Waals surface area contributed by atoms with Crippen molar-refractivity contribution in [3.05, 3.63) is 65.6 Å². The number of carbonyl (C=O) groups is 4. The predicted molar refractivity (Wildman–Crippen MR) is 188 cm³/mol. The third kappa shape index (κ3) is 7.70. The lowest BCUT2D eigenvalue weighted by Crippen LogP contribution is -2.58. The quantitative estimate of drug-likeness (QED) is 0.300. The number of aromatic nitrogens is 4. The van der Waals surface area contributed by atoms with Gasteiger partial charge >= 0.3 is 0 Å². The van der Waals surface area contributed by atoms with Crippen LogP contribution >= 0.6 is 0 Å². The fraction of sp³-hybridized carbons (Fsp3) is 0.500. The third-order valence-electron chi connectivity index (χ3n) is 10.2. The van der Waals surface area contributed by atoms with Gasteiger partial charge in [0.15, 0.2) is 5.82 Å². The molecule has 2 aliphatic carbocycles. The van der Waals surface area contributed by atoms with Crippen LogP contribution in [-0.2, 0) is 24.4 Å². The molecule has 0 bridgehead atoms. The van der Waals surface area contributed by atoms with Gasteiger partial charge in [-0.3, -0.25) is 28.9 Å². The number of para-hydroxylation sites is 1. The van der Waals surface area contributed by atoms with Crippen molar-refractivity contribution in [2.45, 2.75) is 101 Å². The molecule has 2 aliphatic heterocycles. The van der Waals surface area contributed by atoms with E-state index in [1.54, 1.807) is 19.9 Å². The van der Waals surface area contributed by atoms with E-state index in [0.717, 1.165) is 12.8 Å². The van der Waals surface area contributed by atoms with Gasteiger partial charge in [-0.2, -0.15) is 0 Å². The Balaban J connectivity index is 1.20. The second kappa shape index (κ2) is 14.4. The standard InChI is InChI=1S/C36H41FN8O7S/c1-20-17-39-28(18-38-20)31(46)41-27-11-7-5-3-4-6-9-22-16-36(22,35(49)44-53(50,51)24-13-14-24)43-32(47)29-15-23(19-45(29)34(27)48)52-33-21(2)40-26-12-8-10-25(37)30(26)42-33/h6,8-10,12,17-18,22-24,27,29H,3-5,7,11,13-16,19H2,1-2H3,(H,41,46)(H,43,47)(H,44,49)/b9-6-/t22?,23-,27+,29+,36-/m1/s1. The number of hydrogen-bond donors (Lipinski definition) is 3. The molecule has 7 rings (SSSR count). The predicted octanol–water partition coefficient (Wildman–Crippen LogP) is 2.33. The Kier molecular flexibility index (Phi) is 9.86. The Morgan fingerprint density at radius 3 is 2.62 bits per heavy atom. The molecular weight excluding hydrogens is 708 g/mol. The van der Waals surface area contributed by atoms with Gasteiger partial charge in [0.1, 0.15) is 40.6 Å². The highest BCUT2D eigenvalue weighted by Gasteiger charge is 2.62. The Morgan fingerprint density at radius 1 is 1.06 bits per heavy atom. The van der Waals surface area contributed by atoms with Crippen LogP contribution in [0, 0.1) is 25.6 Å². The van der Waals surface area contributed by atoms with Gasteiger partial charge in [-0.1, -0.05) is 31.1 Å². The van der Waals surface area contributed by atoms with Crippen molar-refractivity contribution < 1.29 is 36.7 Å². The number of allylic oxidation sites excluding steroid dienone is 1. The van der Waals surface area contributed by atoms with Crippen LogP contribution in [0.1, 0.15) is 79.7 Å². The normalized spacial score (nSPS) is 27.0. The average Bonchev–Trinajstić information content (AvgIpc) is 4.05. The van der Waals surface area contributed by atoms with Crippen LogP contribution in [-0.4, -0.2) is 92.4 Å². The Hall–Kier alpha value is -5.06. The lowest BCUT2D eigenvalue weighted by atomic mass is 10.0. The summed E-state index contributed by atoms with van der Waals surface area (Å²) in [6.45, 7) is 3.27. The van der Waals surface area contributed by atoms with Gasteiger partial charge in [-0.05, 0) is 64.5 Å². The largest absolute Gasteiger partial charge is 0.471 e. The molecule has 3 N–H and O–H groups in total. The highest BCUT2D eigenvalue weighted by atomic mass is 32.2. The lowest BCUT2D eigenvalue weighted by Gasteiger charge is -2.29. The van der Waals surface area contributed by atoms with Gasteiger partial charge in [-0.15, -0.1) is 0 Å². The maximum Gasteiger partial charge on any atom is 0.272 e. The minimum atomic E-state index is -3.92. The molecule has 4 amide bonds. The zero-order valence-electron chi connectivity index (χ0n) is 29.4. The average molecular weight is 749 g/mol. The maximum absolute atomic E-state index is 14.7. The van der Waals surface area contributed by atoms with Gasteiger partial charge in [0.05, 0.1) is 29.2 Å². The molecular formula is C36H41FN8O7S. The van der Waals surface area contributed by atoms with Gasteiger partial charge in [0.25, 0.3) is 11.8 Å². The van der Waals surface area contributed by atoms with E-state index in [1.165, 1.54) is 29.4 Å². The number of carbonyl (C=O) groups excluding carboxylic acids is 4. The molecule has 1 aromatic carbocycles. The highest BCUT2D eigenvalue weighted by molar-refractivity contribution is 7.91. The zero-order chi connectivity index (χ0) is 37.5. The van der Waals surface area contributed by atoms with Crippen molar-refractivity contribution in [2.75, 3.05) is 6.54 Å². The van der Waals surface area contributed by atoms with Crippen LogP contribution in [0.5, 0.6) is 5.88 Å². The summed E-state index contributed by atoms with van der Waals surface area (Å²) < 4.78 is 48.7. The summed E-state index contributed by atoms with van der Waals surface area (Å²) in [6, 6.07) is 2.16. The summed E-state index contributed by atoms with van der Waals surface area (Å²) >= 11 is 0. The second-order valence-corrected chi connectivity index (χ2v) is 16.2. The number of nitrogens with zero attached hydrogens (tertiary/aromatic N) is 5. The number of ether oxygens (including phenoxy) is 1. The van der Waals surface area contributed by atoms with Gasteiger partial charge in [0, 0.05) is 18.5 Å². The van der Waals surface area contributed by atoms with E-state index in [9.17, 15) is 32.0 Å². The number of halogens is 1. The van der Waals surface area contributed by atoms with Gasteiger partial charge in [-0.25, -0.2) is 27.8 Å². The fourth-order valence-corrected chi connectivity index (χ4v) is 8.34. The van der Waals surface area contributed by atoms with Gasteiger partial charge in [0.2, 0.25) is 27.7 Å². The van der Waals surface area contributed by atoms with Crippen LogP contribution < -0.4 is 20.1 Å². The number of sulfonamides is 1. The fourth-order valence-electron chi connectivity index (χ4n) is 6.97. The Labute approximate surface area is 305 Å². The minimum Gasteiger partial charge on any atom is -0.471 e. The number of hydrogen-bond acceptors (Lipinski definition) is 11. The first kappa shape index (κ1) is 36.3. The molecule has 280 valence electrons. The maximum atomic E-state index is 14.7. The van der Waals surface area contributed by atoms with E-state index in [-0.39, 0.29) is 42.9 Å². The monoisotopic (exact) mass is 748 g/mol. The molecule has 5 atom stereocenters. The first-order valence-electron chi connectivity index (χ1n) is 17.9. The number of nitrogens with one attached hydrogen (secondary N) is 3. The number of rotatable bonds is 7. The summed E-state index contributed by atoms with van der Waals surface area (Å²) in [5.74, 6) is -3.69. The van der Waals surface area contributed by atoms with Crippen LogP contribution in [0.4, 0.5) is 4.39 Å². The number of benzene rings is 1. The number of fused-ring (bicyclic) bond motifs is 3. The summed E-state index contributed by atoms with van der Waals surface area (Å²) in [5, 5.41) is 4.97. The lowest BCUT2D eigenvalue weighted by molar-refractivity contribution is -0.141. The minimum absolute atomic E-state index is 0.00122. The van der Waals surface area contributed by atoms with Crippen molar-refractivity contribution >= 4 is 44.7 Å². The molecule has 1 saturated heterocycles. The molecule has 17 heteroatoms. The SMILES string of the molecule is Cc1cnc(C(=O)N[C@H]2CCCCC/C=C\C3C[C@@]3(C(=O)NS(=O)(=O)C3CC3)NC(=O)[C@@H]3C[C@@H](Oc4nc5c(F)cccc5nc4C)CN3C2=O)cn1. The first-order chi connectivity index (χ1) is 25.3. The van der Waals surface area contributed by atoms with Crippen LogP contribution in [0.3, 0.4) is 0 Å². The highest BCUT2D eigenvalue weighted by Crippen LogP contribution is 2.46. The van der Waals surface area contributed by atoms with Crippen LogP contribution in [0.15, 0.2) is 42.7 Å². The molecule has 4 heterocycles. The third-order valence-corrected chi connectivity index (χ3v) is 12.0. The van der Waals surface area contributed by atoms with Crippen LogP contribution in [0.25, 0.3) is 11.0 Å². The van der Waals surface area contributed by atoms with Crippen molar-refractivity contribution in [3.8, 4) is 5.88 Å². The summed E-state index contributed by atoms with van der Waals surface area (Å²) in [4.78, 5) is 74.2. The summed E-state index contributed by atoms with van der Waals surface area (Å²) in [7, 11) is -3.92. The zero-order valence-corrected chi connectivity index (χ0v) is 30.2. The van der Waals surface area contributed by atoms with Gasteiger partial charge < -0.3 is 20.3 Å². The number of amides is 4. The van der Waals surface area contributed by atoms with E-state index in [4.69, 9.17) is 4.74 Å². The van der Waals surface area contributed by atoms with Crippen molar-refractivity contribution in [1.82, 2.24) is 40.2 Å². The Morgan fingerprint density at radius 2 is 1.87 bits per heavy atom. The van der Waals surface area contributed by atoms with Crippen molar-refractivity contribution in [3.63, 3.8) is 0 Å². The molecule has 2 aromatic heterocycles. The topological polar surface area (TPSA) is 203 Å². The van der Waals surface area contributed by atoms with E-state index >= 15 is 0 Å². The molecule has 3 fully saturated rings. The van der Waals surface area contributed by atoms with E-state index in [0.29, 0.717) is 42.6 Å². The van der Waals surface area contributed by atoms with Crippen molar-refractivity contribution in [1.29, 1.82) is 0 Å². The van der Waals surface area contributed by atoms with Crippen molar-refractivity contribution in [2.24, 2.45) is 5.92 Å². The molecule has 0 radical (unpaired) electrons. The molecule has 0 spiro atoms. The van der Waals surface area contributed by atoms with E-state index in [2.05, 4.69) is 35.3 Å². The Bertz CT molecular complexity index is 2090. The molecule has 1 unspecified atom stereocenters. The molecule has 4 aliphatic rings. The smallest absolute Gasteiger partial charge is 0.272 e. The van der Waals surface area contributed by atoms with E-state index < -0.39 is 74.4 Å². The first-order valence-corrected chi connectivity index (χ1v) is 19.4. The molecule has 15 nitrogen and oxygen atoms in total.